The molecule has 1 fully saturated rings. The molecule has 1 aromatic rings. The van der Waals surface area contributed by atoms with E-state index in [1.54, 1.807) is 18.2 Å². The van der Waals surface area contributed by atoms with Crippen LogP contribution in [0.2, 0.25) is 0 Å². The van der Waals surface area contributed by atoms with Crippen LogP contribution >= 0.6 is 0 Å². The average molecular weight is 298 g/mol. The molecule has 2 rings (SSSR count). The maximum absolute atomic E-state index is 12.0. The van der Waals surface area contributed by atoms with Crippen LogP contribution in [0.3, 0.4) is 0 Å². The van der Waals surface area contributed by atoms with Gasteiger partial charge in [0.1, 0.15) is 0 Å². The highest BCUT2D eigenvalue weighted by Crippen LogP contribution is 2.14. The minimum atomic E-state index is -3.59. The molecule has 5 nitrogen and oxygen atoms in total. The molecule has 20 heavy (non-hydrogen) atoms. The Balaban J connectivity index is 1.85. The second kappa shape index (κ2) is 6.67. The quantitative estimate of drug-likeness (QED) is 0.640. The Labute approximate surface area is 120 Å². The molecule has 0 bridgehead atoms. The largest absolute Gasteiger partial charge is 0.301 e. The third-order valence-corrected chi connectivity index (χ3v) is 4.88. The van der Waals surface area contributed by atoms with Crippen molar-refractivity contribution in [1.29, 1.82) is 0 Å². The van der Waals surface area contributed by atoms with Gasteiger partial charge in [-0.15, -0.1) is 0 Å². The molecule has 1 aliphatic rings. The summed E-state index contributed by atoms with van der Waals surface area (Å²) in [5.41, 5.74) is 2.02. The molecule has 1 saturated heterocycles. The van der Waals surface area contributed by atoms with E-state index in [1.165, 1.54) is 12.8 Å². The number of benzene rings is 1. The molecule has 112 valence electrons. The summed E-state index contributed by atoms with van der Waals surface area (Å²) in [5, 5.41) is 0. The fraction of sp³-hybridized carbons (Fsp3) is 0.571. The lowest BCUT2D eigenvalue weighted by Gasteiger charge is -2.14. The maximum atomic E-state index is 12.0. The zero-order valence-electron chi connectivity index (χ0n) is 12.1. The standard InChI is InChI=1S/C14H22N2O3S/c1-12-5-6-14(11-13(12)2)20(17,18)15-19-10-9-16-7-3-4-8-16/h5-6,11,15H,3-4,7-10H2,1-2H3. The smallest absolute Gasteiger partial charge is 0.262 e. The number of nitrogens with zero attached hydrogens (tertiary/aromatic N) is 1. The zero-order valence-corrected chi connectivity index (χ0v) is 12.9. The van der Waals surface area contributed by atoms with E-state index < -0.39 is 10.0 Å². The molecule has 0 amide bonds. The van der Waals surface area contributed by atoms with Gasteiger partial charge in [-0.1, -0.05) is 11.0 Å². The summed E-state index contributed by atoms with van der Waals surface area (Å²) in [4.78, 5) is 9.80. The summed E-state index contributed by atoms with van der Waals surface area (Å²) in [6.07, 6.45) is 2.43. The van der Waals surface area contributed by atoms with E-state index >= 15 is 0 Å². The van der Waals surface area contributed by atoms with Gasteiger partial charge >= 0.3 is 0 Å². The van der Waals surface area contributed by atoms with Crippen molar-refractivity contribution in [2.45, 2.75) is 31.6 Å². The predicted octanol–water partition coefficient (Wildman–Crippen LogP) is 1.61. The van der Waals surface area contributed by atoms with Crippen LogP contribution in [-0.4, -0.2) is 39.6 Å². The monoisotopic (exact) mass is 298 g/mol. The van der Waals surface area contributed by atoms with Crippen LogP contribution in [0.5, 0.6) is 0 Å². The van der Waals surface area contributed by atoms with Crippen molar-refractivity contribution in [2.24, 2.45) is 0 Å². The number of hydrogen-bond acceptors (Lipinski definition) is 4. The molecule has 6 heteroatoms. The van der Waals surface area contributed by atoms with Crippen LogP contribution in [0.4, 0.5) is 0 Å². The summed E-state index contributed by atoms with van der Waals surface area (Å²) < 4.78 is 24.1. The van der Waals surface area contributed by atoms with Crippen molar-refractivity contribution in [1.82, 2.24) is 9.79 Å². The molecule has 0 atom stereocenters. The molecule has 1 aromatic carbocycles. The molecule has 0 saturated carbocycles. The Bertz CT molecular complexity index is 552. The van der Waals surface area contributed by atoms with Crippen LogP contribution in [0, 0.1) is 13.8 Å². The van der Waals surface area contributed by atoms with E-state index in [2.05, 4.69) is 9.79 Å². The lowest BCUT2D eigenvalue weighted by molar-refractivity contribution is 0.0756. The van der Waals surface area contributed by atoms with Crippen molar-refractivity contribution in [3.63, 3.8) is 0 Å². The van der Waals surface area contributed by atoms with Crippen LogP contribution < -0.4 is 4.89 Å². The molecular formula is C14H22N2O3S. The first-order valence-electron chi connectivity index (χ1n) is 6.92. The Kier molecular flexibility index (Phi) is 5.15. The van der Waals surface area contributed by atoms with Crippen molar-refractivity contribution in [3.05, 3.63) is 29.3 Å². The summed E-state index contributed by atoms with van der Waals surface area (Å²) >= 11 is 0. The van der Waals surface area contributed by atoms with Gasteiger partial charge in [0.15, 0.2) is 0 Å². The molecule has 1 heterocycles. The number of likely N-dealkylation sites (tertiary alicyclic amines) is 1. The van der Waals surface area contributed by atoms with Crippen molar-refractivity contribution in [3.8, 4) is 0 Å². The number of sulfonamides is 1. The zero-order chi connectivity index (χ0) is 14.6. The van der Waals surface area contributed by atoms with Crippen molar-refractivity contribution in [2.75, 3.05) is 26.2 Å². The second-order valence-electron chi connectivity index (χ2n) is 5.23. The number of rotatable bonds is 6. The van der Waals surface area contributed by atoms with Gasteiger partial charge in [0, 0.05) is 6.54 Å². The Morgan fingerprint density at radius 1 is 1.20 bits per heavy atom. The molecule has 0 aliphatic carbocycles. The summed E-state index contributed by atoms with van der Waals surface area (Å²) in [6, 6.07) is 5.05. The molecule has 0 unspecified atom stereocenters. The minimum absolute atomic E-state index is 0.238. The van der Waals surface area contributed by atoms with Crippen LogP contribution in [0.25, 0.3) is 0 Å². The molecule has 0 spiro atoms. The lowest BCUT2D eigenvalue weighted by atomic mass is 10.1. The van der Waals surface area contributed by atoms with E-state index in [1.807, 2.05) is 13.8 Å². The predicted molar refractivity (Wildman–Crippen MR) is 77.9 cm³/mol. The van der Waals surface area contributed by atoms with Crippen LogP contribution in [0.1, 0.15) is 24.0 Å². The first-order valence-corrected chi connectivity index (χ1v) is 8.40. The SMILES string of the molecule is Cc1ccc(S(=O)(=O)NOCCN2CCCC2)cc1C. The highest BCUT2D eigenvalue weighted by Gasteiger charge is 2.15. The molecule has 0 aromatic heterocycles. The van der Waals surface area contributed by atoms with Gasteiger partial charge in [-0.3, -0.25) is 4.84 Å². The summed E-state index contributed by atoms with van der Waals surface area (Å²) in [7, 11) is -3.59. The Morgan fingerprint density at radius 3 is 2.55 bits per heavy atom. The van der Waals surface area contributed by atoms with Crippen LogP contribution in [-0.2, 0) is 14.9 Å². The van der Waals surface area contributed by atoms with E-state index in [4.69, 9.17) is 4.84 Å². The fourth-order valence-electron chi connectivity index (χ4n) is 2.23. The minimum Gasteiger partial charge on any atom is -0.301 e. The number of hydrogen-bond donors (Lipinski definition) is 1. The van der Waals surface area contributed by atoms with Crippen molar-refractivity contribution < 1.29 is 13.3 Å². The fourth-order valence-corrected chi connectivity index (χ4v) is 3.14. The van der Waals surface area contributed by atoms with Gasteiger partial charge in [0.2, 0.25) is 0 Å². The first kappa shape index (κ1) is 15.4. The van der Waals surface area contributed by atoms with Gasteiger partial charge in [-0.05, 0) is 63.0 Å². The molecule has 1 aliphatic heterocycles. The lowest BCUT2D eigenvalue weighted by Crippen LogP contribution is -2.30. The van der Waals surface area contributed by atoms with Crippen molar-refractivity contribution >= 4 is 10.0 Å². The summed E-state index contributed by atoms with van der Waals surface area (Å²) in [6.45, 7) is 7.12. The third-order valence-electron chi connectivity index (χ3n) is 3.67. The van der Waals surface area contributed by atoms with E-state index in [0.29, 0.717) is 6.61 Å². The van der Waals surface area contributed by atoms with E-state index in [-0.39, 0.29) is 4.90 Å². The number of aryl methyl sites for hydroxylation is 2. The maximum Gasteiger partial charge on any atom is 0.262 e. The van der Waals surface area contributed by atoms with Crippen LogP contribution in [0.15, 0.2) is 23.1 Å². The molecular weight excluding hydrogens is 276 g/mol. The third kappa shape index (κ3) is 4.02. The summed E-state index contributed by atoms with van der Waals surface area (Å²) in [5.74, 6) is 0. The first-order chi connectivity index (χ1) is 9.49. The van der Waals surface area contributed by atoms with Gasteiger partial charge in [-0.25, -0.2) is 8.42 Å². The topological polar surface area (TPSA) is 58.6 Å². The van der Waals surface area contributed by atoms with Gasteiger partial charge < -0.3 is 4.90 Å². The van der Waals surface area contributed by atoms with Gasteiger partial charge in [-0.2, -0.15) is 0 Å². The van der Waals surface area contributed by atoms with Gasteiger partial charge in [0.05, 0.1) is 11.5 Å². The average Bonchev–Trinajstić information content (AvgIpc) is 2.91. The Morgan fingerprint density at radius 2 is 1.90 bits per heavy atom. The van der Waals surface area contributed by atoms with E-state index in [0.717, 1.165) is 30.8 Å². The molecule has 1 N–H and O–H groups in total. The van der Waals surface area contributed by atoms with Gasteiger partial charge in [0.25, 0.3) is 10.0 Å². The van der Waals surface area contributed by atoms with E-state index in [9.17, 15) is 8.42 Å². The Hall–Kier alpha value is -0.950. The number of nitrogens with one attached hydrogen (secondary N) is 1. The highest BCUT2D eigenvalue weighted by molar-refractivity contribution is 7.89. The molecule has 0 radical (unpaired) electrons. The normalized spacial score (nSPS) is 16.7. The second-order valence-corrected chi connectivity index (χ2v) is 6.87. The highest BCUT2D eigenvalue weighted by atomic mass is 32.2.